The first kappa shape index (κ1) is 9.51. The molecule has 3 rings (SSSR count). The van der Waals surface area contributed by atoms with Gasteiger partial charge in [-0.25, -0.2) is 4.98 Å². The van der Waals surface area contributed by atoms with Crippen LogP contribution in [0.15, 0.2) is 29.1 Å². The van der Waals surface area contributed by atoms with E-state index in [-0.39, 0.29) is 0 Å². The highest BCUT2D eigenvalue weighted by atomic mass is 32.1. The molecule has 1 aliphatic carbocycles. The number of aromatic nitrogens is 1. The maximum atomic E-state index is 4.42. The first-order valence-electron chi connectivity index (χ1n) is 5.12. The number of thiazole rings is 1. The molecule has 0 aromatic carbocycles. The van der Waals surface area contributed by atoms with Gasteiger partial charge >= 0.3 is 0 Å². The fourth-order valence-electron chi connectivity index (χ4n) is 1.59. The zero-order valence-corrected chi connectivity index (χ0v) is 9.85. The standard InChI is InChI=1S/C11H12N2S2/c1-2-9(14-6-1)10(13-8-3-4-8)11-12-5-7-15-11/h1-2,5-8,10,13H,3-4H2. The molecule has 2 aromatic heterocycles. The Kier molecular flexibility index (Phi) is 2.56. The Bertz CT molecular complexity index is 369. The van der Waals surface area contributed by atoms with Crippen molar-refractivity contribution in [3.8, 4) is 0 Å². The molecule has 4 heteroatoms. The number of thiophene rings is 1. The molecule has 1 N–H and O–H groups in total. The van der Waals surface area contributed by atoms with Gasteiger partial charge in [-0.2, -0.15) is 0 Å². The van der Waals surface area contributed by atoms with E-state index in [1.807, 2.05) is 11.6 Å². The number of nitrogens with one attached hydrogen (secondary N) is 1. The Morgan fingerprint density at radius 1 is 1.33 bits per heavy atom. The van der Waals surface area contributed by atoms with Crippen molar-refractivity contribution < 1.29 is 0 Å². The number of hydrogen-bond acceptors (Lipinski definition) is 4. The van der Waals surface area contributed by atoms with Gasteiger partial charge in [-0.3, -0.25) is 0 Å². The summed E-state index contributed by atoms with van der Waals surface area (Å²) in [5, 5.41) is 9.01. The Hall–Kier alpha value is -0.710. The van der Waals surface area contributed by atoms with Crippen molar-refractivity contribution in [2.75, 3.05) is 0 Å². The molecule has 1 unspecified atom stereocenters. The molecule has 0 aliphatic heterocycles. The Balaban J connectivity index is 1.87. The average Bonchev–Trinajstić information content (AvgIpc) is 2.77. The summed E-state index contributed by atoms with van der Waals surface area (Å²) in [4.78, 5) is 5.79. The van der Waals surface area contributed by atoms with E-state index in [9.17, 15) is 0 Å². The van der Waals surface area contributed by atoms with E-state index in [1.54, 1.807) is 22.7 Å². The molecule has 2 nitrogen and oxygen atoms in total. The lowest BCUT2D eigenvalue weighted by atomic mass is 10.2. The summed E-state index contributed by atoms with van der Waals surface area (Å²) in [7, 11) is 0. The second-order valence-electron chi connectivity index (χ2n) is 3.76. The highest BCUT2D eigenvalue weighted by Gasteiger charge is 2.27. The molecule has 2 aromatic rings. The van der Waals surface area contributed by atoms with Crippen molar-refractivity contribution in [3.63, 3.8) is 0 Å². The smallest absolute Gasteiger partial charge is 0.115 e. The van der Waals surface area contributed by atoms with E-state index in [0.717, 1.165) is 0 Å². The van der Waals surface area contributed by atoms with Crippen LogP contribution in [0.1, 0.15) is 28.8 Å². The second kappa shape index (κ2) is 4.04. The van der Waals surface area contributed by atoms with Crippen LogP contribution in [0.3, 0.4) is 0 Å². The van der Waals surface area contributed by atoms with Gasteiger partial charge in [0.25, 0.3) is 0 Å². The summed E-state index contributed by atoms with van der Waals surface area (Å²) in [5.41, 5.74) is 0. The average molecular weight is 236 g/mol. The summed E-state index contributed by atoms with van der Waals surface area (Å²) >= 11 is 3.54. The number of nitrogens with zero attached hydrogens (tertiary/aromatic N) is 1. The van der Waals surface area contributed by atoms with Crippen LogP contribution in [0, 0.1) is 0 Å². The normalized spacial score (nSPS) is 17.9. The number of rotatable bonds is 4. The molecule has 0 amide bonds. The van der Waals surface area contributed by atoms with Crippen molar-refractivity contribution in [1.82, 2.24) is 10.3 Å². The first-order chi connectivity index (χ1) is 7.43. The largest absolute Gasteiger partial charge is 0.301 e. The van der Waals surface area contributed by atoms with Gasteiger partial charge in [0.05, 0.1) is 6.04 Å². The van der Waals surface area contributed by atoms with Gasteiger partial charge in [-0.05, 0) is 24.3 Å². The van der Waals surface area contributed by atoms with E-state index >= 15 is 0 Å². The summed E-state index contributed by atoms with van der Waals surface area (Å²) in [6.45, 7) is 0. The minimum atomic E-state index is 0.317. The molecule has 1 atom stereocenters. The fraction of sp³-hybridized carbons (Fsp3) is 0.364. The van der Waals surface area contributed by atoms with E-state index in [2.05, 4.69) is 27.8 Å². The number of hydrogen-bond donors (Lipinski definition) is 1. The lowest BCUT2D eigenvalue weighted by molar-refractivity contribution is 0.606. The molecule has 0 saturated heterocycles. The molecular weight excluding hydrogens is 224 g/mol. The molecule has 0 bridgehead atoms. The van der Waals surface area contributed by atoms with Gasteiger partial charge in [0.1, 0.15) is 5.01 Å². The minimum Gasteiger partial charge on any atom is -0.301 e. The van der Waals surface area contributed by atoms with E-state index in [0.29, 0.717) is 12.1 Å². The summed E-state index contributed by atoms with van der Waals surface area (Å²) in [5.74, 6) is 0. The predicted molar refractivity (Wildman–Crippen MR) is 64.4 cm³/mol. The molecular formula is C11H12N2S2. The molecule has 2 heterocycles. The van der Waals surface area contributed by atoms with Gasteiger partial charge < -0.3 is 5.32 Å². The molecule has 15 heavy (non-hydrogen) atoms. The van der Waals surface area contributed by atoms with Gasteiger partial charge in [-0.1, -0.05) is 6.07 Å². The van der Waals surface area contributed by atoms with Crippen molar-refractivity contribution in [1.29, 1.82) is 0 Å². The van der Waals surface area contributed by atoms with Crippen LogP contribution in [0.5, 0.6) is 0 Å². The SMILES string of the molecule is c1csc(C(NC2CC2)c2nccs2)c1. The zero-order valence-electron chi connectivity index (χ0n) is 8.22. The summed E-state index contributed by atoms with van der Waals surface area (Å²) < 4.78 is 0. The van der Waals surface area contributed by atoms with Crippen molar-refractivity contribution in [3.05, 3.63) is 39.0 Å². The second-order valence-corrected chi connectivity index (χ2v) is 5.67. The maximum absolute atomic E-state index is 4.42. The lowest BCUT2D eigenvalue weighted by Crippen LogP contribution is -2.23. The molecule has 1 saturated carbocycles. The fourth-order valence-corrected chi connectivity index (χ4v) is 3.17. The van der Waals surface area contributed by atoms with Crippen LogP contribution in [-0.4, -0.2) is 11.0 Å². The molecule has 0 radical (unpaired) electrons. The Morgan fingerprint density at radius 3 is 2.87 bits per heavy atom. The van der Waals surface area contributed by atoms with Crippen LogP contribution in [0.4, 0.5) is 0 Å². The Morgan fingerprint density at radius 2 is 2.27 bits per heavy atom. The van der Waals surface area contributed by atoms with E-state index in [1.165, 1.54) is 22.7 Å². The van der Waals surface area contributed by atoms with Gasteiger partial charge in [0.15, 0.2) is 0 Å². The van der Waals surface area contributed by atoms with Crippen molar-refractivity contribution in [2.24, 2.45) is 0 Å². The van der Waals surface area contributed by atoms with Gasteiger partial charge in [0.2, 0.25) is 0 Å². The predicted octanol–water partition coefficient (Wildman–Crippen LogP) is 3.05. The summed E-state index contributed by atoms with van der Waals surface area (Å²) in [6, 6.07) is 5.32. The van der Waals surface area contributed by atoms with Crippen LogP contribution < -0.4 is 5.32 Å². The van der Waals surface area contributed by atoms with E-state index < -0.39 is 0 Å². The quantitative estimate of drug-likeness (QED) is 0.882. The van der Waals surface area contributed by atoms with Gasteiger partial charge in [-0.15, -0.1) is 22.7 Å². The molecule has 1 aliphatic rings. The topological polar surface area (TPSA) is 24.9 Å². The van der Waals surface area contributed by atoms with Crippen LogP contribution in [0.25, 0.3) is 0 Å². The van der Waals surface area contributed by atoms with Crippen LogP contribution >= 0.6 is 22.7 Å². The molecule has 0 spiro atoms. The summed E-state index contributed by atoms with van der Waals surface area (Å²) in [6.07, 6.45) is 4.51. The van der Waals surface area contributed by atoms with E-state index in [4.69, 9.17) is 0 Å². The molecule has 1 fully saturated rings. The highest BCUT2D eigenvalue weighted by Crippen LogP contribution is 2.31. The van der Waals surface area contributed by atoms with Crippen LogP contribution in [0.2, 0.25) is 0 Å². The van der Waals surface area contributed by atoms with Crippen molar-refractivity contribution >= 4 is 22.7 Å². The third kappa shape index (κ3) is 2.12. The highest BCUT2D eigenvalue weighted by molar-refractivity contribution is 7.11. The Labute approximate surface area is 97.0 Å². The van der Waals surface area contributed by atoms with Gasteiger partial charge in [0, 0.05) is 22.5 Å². The van der Waals surface area contributed by atoms with Crippen LogP contribution in [-0.2, 0) is 0 Å². The van der Waals surface area contributed by atoms with Crippen molar-refractivity contribution in [2.45, 2.75) is 24.9 Å². The minimum absolute atomic E-state index is 0.317. The molecule has 78 valence electrons. The third-order valence-corrected chi connectivity index (χ3v) is 4.28. The lowest BCUT2D eigenvalue weighted by Gasteiger charge is -2.14. The third-order valence-electron chi connectivity index (χ3n) is 2.51. The zero-order chi connectivity index (χ0) is 10.1. The first-order valence-corrected chi connectivity index (χ1v) is 6.88. The maximum Gasteiger partial charge on any atom is 0.115 e. The monoisotopic (exact) mass is 236 g/mol.